The highest BCUT2D eigenvalue weighted by Gasteiger charge is 2.35. The molecule has 0 aliphatic heterocycles. The highest BCUT2D eigenvalue weighted by molar-refractivity contribution is 5.36. The van der Waals surface area contributed by atoms with Crippen molar-refractivity contribution in [1.82, 2.24) is 0 Å². The van der Waals surface area contributed by atoms with E-state index in [1.165, 1.54) is 18.2 Å². The zero-order chi connectivity index (χ0) is 14.9. The Hall–Kier alpha value is -1.95. The van der Waals surface area contributed by atoms with Gasteiger partial charge in [-0.3, -0.25) is 0 Å². The molecule has 0 heterocycles. The number of alkyl halides is 3. The lowest BCUT2D eigenvalue weighted by Crippen LogP contribution is -2.17. The van der Waals surface area contributed by atoms with E-state index in [2.05, 4.69) is 0 Å². The third-order valence-corrected chi connectivity index (χ3v) is 2.90. The minimum absolute atomic E-state index is 0.286. The number of halogens is 5. The summed E-state index contributed by atoms with van der Waals surface area (Å²) < 4.78 is 64.5. The molecule has 106 valence electrons. The summed E-state index contributed by atoms with van der Waals surface area (Å²) in [6.07, 6.45) is -4.79. The minimum Gasteiger partial charge on any atom is -0.320 e. The topological polar surface area (TPSA) is 26.0 Å². The van der Waals surface area contributed by atoms with Crippen LogP contribution >= 0.6 is 0 Å². The lowest BCUT2D eigenvalue weighted by atomic mass is 9.97. The van der Waals surface area contributed by atoms with Crippen molar-refractivity contribution in [2.45, 2.75) is 12.2 Å². The fourth-order valence-corrected chi connectivity index (χ4v) is 1.86. The Bertz CT molecular complexity index is 604. The third-order valence-electron chi connectivity index (χ3n) is 2.90. The maximum Gasteiger partial charge on any atom is 0.419 e. The third kappa shape index (κ3) is 2.80. The summed E-state index contributed by atoms with van der Waals surface area (Å²) in [5.41, 5.74) is 4.42. The average molecular weight is 287 g/mol. The first kappa shape index (κ1) is 14.5. The maximum atomic E-state index is 13.9. The monoisotopic (exact) mass is 287 g/mol. The Kier molecular flexibility index (Phi) is 3.76. The maximum absolute atomic E-state index is 13.9. The molecule has 0 aliphatic rings. The minimum atomic E-state index is -4.79. The van der Waals surface area contributed by atoms with Crippen LogP contribution in [0, 0.1) is 11.6 Å². The predicted octanol–water partition coefficient (Wildman–Crippen LogP) is 4.03. The first-order valence-corrected chi connectivity index (χ1v) is 5.67. The first-order valence-electron chi connectivity index (χ1n) is 5.67. The SMILES string of the molecule is NC(c1ccc(F)cc1)c1cccc(C(F)(F)F)c1F. The van der Waals surface area contributed by atoms with Crippen molar-refractivity contribution in [3.63, 3.8) is 0 Å². The molecule has 2 N–H and O–H groups in total. The van der Waals surface area contributed by atoms with Crippen LogP contribution in [-0.2, 0) is 6.18 Å². The molecule has 1 atom stereocenters. The van der Waals surface area contributed by atoms with Gasteiger partial charge in [0.25, 0.3) is 0 Å². The summed E-state index contributed by atoms with van der Waals surface area (Å²) in [4.78, 5) is 0. The summed E-state index contributed by atoms with van der Waals surface area (Å²) in [6.45, 7) is 0. The van der Waals surface area contributed by atoms with E-state index in [4.69, 9.17) is 5.73 Å². The van der Waals surface area contributed by atoms with Gasteiger partial charge in [0, 0.05) is 5.56 Å². The summed E-state index contributed by atoms with van der Waals surface area (Å²) in [6, 6.07) is 6.65. The Balaban J connectivity index is 2.45. The quantitative estimate of drug-likeness (QED) is 0.829. The molecular weight excluding hydrogens is 277 g/mol. The van der Waals surface area contributed by atoms with E-state index in [-0.39, 0.29) is 5.56 Å². The van der Waals surface area contributed by atoms with Gasteiger partial charge in [0.15, 0.2) is 0 Å². The van der Waals surface area contributed by atoms with Gasteiger partial charge >= 0.3 is 6.18 Å². The van der Waals surface area contributed by atoms with Crippen molar-refractivity contribution in [2.24, 2.45) is 5.73 Å². The molecular formula is C14H10F5N. The van der Waals surface area contributed by atoms with Gasteiger partial charge in [-0.15, -0.1) is 0 Å². The van der Waals surface area contributed by atoms with Crippen LogP contribution in [0.25, 0.3) is 0 Å². The Labute approximate surface area is 111 Å². The normalized spacial score (nSPS) is 13.3. The van der Waals surface area contributed by atoms with Crippen molar-refractivity contribution in [3.05, 3.63) is 70.8 Å². The van der Waals surface area contributed by atoms with Gasteiger partial charge in [-0.1, -0.05) is 24.3 Å². The molecule has 0 radical (unpaired) electrons. The summed E-state index contributed by atoms with van der Waals surface area (Å²) in [5, 5.41) is 0. The van der Waals surface area contributed by atoms with Crippen molar-refractivity contribution >= 4 is 0 Å². The lowest BCUT2D eigenvalue weighted by molar-refractivity contribution is -0.140. The molecule has 0 saturated carbocycles. The number of hydrogen-bond donors (Lipinski definition) is 1. The summed E-state index contributed by atoms with van der Waals surface area (Å²) in [5.74, 6) is -1.91. The molecule has 1 nitrogen and oxygen atoms in total. The van der Waals surface area contributed by atoms with Crippen LogP contribution in [-0.4, -0.2) is 0 Å². The van der Waals surface area contributed by atoms with Crippen LogP contribution in [0.2, 0.25) is 0 Å². The number of nitrogens with two attached hydrogens (primary N) is 1. The zero-order valence-electron chi connectivity index (χ0n) is 10.1. The zero-order valence-corrected chi connectivity index (χ0v) is 10.1. The second-order valence-electron chi connectivity index (χ2n) is 4.24. The average Bonchev–Trinajstić information content (AvgIpc) is 2.37. The van der Waals surface area contributed by atoms with Gasteiger partial charge in [-0.25, -0.2) is 8.78 Å². The van der Waals surface area contributed by atoms with E-state index in [0.29, 0.717) is 11.6 Å². The molecule has 2 aromatic carbocycles. The standard InChI is InChI=1S/C14H10F5N/c15-9-6-4-8(5-7-9)13(20)10-2-1-3-11(12(10)16)14(17,18)19/h1-7,13H,20H2. The number of hydrogen-bond acceptors (Lipinski definition) is 1. The molecule has 0 saturated heterocycles. The predicted molar refractivity (Wildman–Crippen MR) is 63.8 cm³/mol. The second kappa shape index (κ2) is 5.20. The molecule has 20 heavy (non-hydrogen) atoms. The molecule has 0 amide bonds. The highest BCUT2D eigenvalue weighted by Crippen LogP contribution is 2.34. The molecule has 0 aromatic heterocycles. The van der Waals surface area contributed by atoms with Gasteiger partial charge in [0.1, 0.15) is 11.6 Å². The first-order chi connectivity index (χ1) is 9.30. The Morgan fingerprint density at radius 3 is 2.05 bits per heavy atom. The summed E-state index contributed by atoms with van der Waals surface area (Å²) in [7, 11) is 0. The van der Waals surface area contributed by atoms with Crippen molar-refractivity contribution in [2.75, 3.05) is 0 Å². The van der Waals surface area contributed by atoms with Crippen LogP contribution in [0.5, 0.6) is 0 Å². The highest BCUT2D eigenvalue weighted by atomic mass is 19.4. The van der Waals surface area contributed by atoms with Crippen LogP contribution in [0.3, 0.4) is 0 Å². The summed E-state index contributed by atoms with van der Waals surface area (Å²) >= 11 is 0. The van der Waals surface area contributed by atoms with E-state index in [1.807, 2.05) is 0 Å². The van der Waals surface area contributed by atoms with Gasteiger partial charge in [-0.2, -0.15) is 13.2 Å². The fourth-order valence-electron chi connectivity index (χ4n) is 1.86. The molecule has 6 heteroatoms. The van der Waals surface area contributed by atoms with Crippen LogP contribution < -0.4 is 5.73 Å². The molecule has 2 rings (SSSR count). The second-order valence-corrected chi connectivity index (χ2v) is 4.24. The lowest BCUT2D eigenvalue weighted by Gasteiger charge is -2.16. The molecule has 0 fully saturated rings. The molecule has 0 aliphatic carbocycles. The Morgan fingerprint density at radius 2 is 1.50 bits per heavy atom. The van der Waals surface area contributed by atoms with Crippen molar-refractivity contribution < 1.29 is 22.0 Å². The largest absolute Gasteiger partial charge is 0.419 e. The van der Waals surface area contributed by atoms with E-state index in [0.717, 1.165) is 18.2 Å². The van der Waals surface area contributed by atoms with E-state index in [1.54, 1.807) is 0 Å². The van der Waals surface area contributed by atoms with Gasteiger partial charge in [-0.05, 0) is 23.8 Å². The Morgan fingerprint density at radius 1 is 0.900 bits per heavy atom. The van der Waals surface area contributed by atoms with E-state index >= 15 is 0 Å². The number of rotatable bonds is 2. The van der Waals surface area contributed by atoms with Crippen molar-refractivity contribution in [3.8, 4) is 0 Å². The fraction of sp³-hybridized carbons (Fsp3) is 0.143. The van der Waals surface area contributed by atoms with Crippen LogP contribution in [0.4, 0.5) is 22.0 Å². The van der Waals surface area contributed by atoms with Gasteiger partial charge in [0.05, 0.1) is 11.6 Å². The van der Waals surface area contributed by atoms with Crippen molar-refractivity contribution in [1.29, 1.82) is 0 Å². The van der Waals surface area contributed by atoms with Crippen LogP contribution in [0.15, 0.2) is 42.5 Å². The van der Waals surface area contributed by atoms with E-state index < -0.39 is 29.4 Å². The molecule has 1 unspecified atom stereocenters. The van der Waals surface area contributed by atoms with Gasteiger partial charge in [0.2, 0.25) is 0 Å². The van der Waals surface area contributed by atoms with Crippen LogP contribution in [0.1, 0.15) is 22.7 Å². The number of benzene rings is 2. The van der Waals surface area contributed by atoms with Gasteiger partial charge < -0.3 is 5.73 Å². The smallest absolute Gasteiger partial charge is 0.320 e. The molecule has 2 aromatic rings. The van der Waals surface area contributed by atoms with E-state index in [9.17, 15) is 22.0 Å². The molecule has 0 bridgehead atoms. The molecule has 0 spiro atoms.